The van der Waals surface area contributed by atoms with Gasteiger partial charge >= 0.3 is 0 Å². The molecule has 0 bridgehead atoms. The molecule has 2 aromatic carbocycles. The summed E-state index contributed by atoms with van der Waals surface area (Å²) in [5.74, 6) is 0.898. The maximum atomic E-state index is 11.4. The minimum atomic E-state index is -1.05. The Labute approximate surface area is 128 Å². The largest absolute Gasteiger partial charge is 0.366 e. The van der Waals surface area contributed by atoms with Gasteiger partial charge in [0.05, 0.1) is 6.54 Å². The number of aliphatic hydroxyl groups is 1. The summed E-state index contributed by atoms with van der Waals surface area (Å²) in [5.41, 5.74) is 2.07. The first kappa shape index (κ1) is 12.9. The second-order valence-corrected chi connectivity index (χ2v) is 5.95. The van der Waals surface area contributed by atoms with E-state index < -0.39 is 5.72 Å². The van der Waals surface area contributed by atoms with Gasteiger partial charge in [0.15, 0.2) is 5.72 Å². The number of amidine groups is 1. The van der Waals surface area contributed by atoms with Gasteiger partial charge in [-0.15, -0.1) is 0 Å². The van der Waals surface area contributed by atoms with Crippen molar-refractivity contribution in [2.24, 2.45) is 4.99 Å². The maximum absolute atomic E-state index is 11.4. The molecule has 2 aliphatic rings. The molecule has 0 spiro atoms. The van der Waals surface area contributed by atoms with E-state index in [1.54, 1.807) is 0 Å². The lowest BCUT2D eigenvalue weighted by Crippen LogP contribution is -2.53. The molecule has 1 atom stereocenters. The highest BCUT2D eigenvalue weighted by Crippen LogP contribution is 2.38. The molecule has 2 aliphatic heterocycles. The van der Waals surface area contributed by atoms with Gasteiger partial charge in [-0.25, -0.2) is 0 Å². The van der Waals surface area contributed by atoms with Crippen molar-refractivity contribution in [3.8, 4) is 0 Å². The molecular formula is C17H15ClN2O. The minimum absolute atomic E-state index is 0.559. The monoisotopic (exact) mass is 298 g/mol. The van der Waals surface area contributed by atoms with Gasteiger partial charge in [0, 0.05) is 29.1 Å². The van der Waals surface area contributed by atoms with E-state index in [9.17, 15) is 5.11 Å². The van der Waals surface area contributed by atoms with Crippen LogP contribution in [0, 0.1) is 0 Å². The number of hydrogen-bond acceptors (Lipinski definition) is 3. The zero-order chi connectivity index (χ0) is 14.4. The molecule has 2 aromatic rings. The molecular weight excluding hydrogens is 284 g/mol. The van der Waals surface area contributed by atoms with Crippen LogP contribution in [0.15, 0.2) is 53.5 Å². The molecule has 21 heavy (non-hydrogen) atoms. The highest BCUT2D eigenvalue weighted by Gasteiger charge is 2.44. The summed E-state index contributed by atoms with van der Waals surface area (Å²) < 4.78 is 0. The molecule has 4 rings (SSSR count). The van der Waals surface area contributed by atoms with Crippen molar-refractivity contribution in [1.82, 2.24) is 4.90 Å². The third-order valence-corrected chi connectivity index (χ3v) is 4.54. The molecule has 0 saturated carbocycles. The third-order valence-electron chi connectivity index (χ3n) is 4.29. The molecule has 0 fully saturated rings. The Morgan fingerprint density at radius 2 is 1.86 bits per heavy atom. The van der Waals surface area contributed by atoms with Crippen molar-refractivity contribution in [3.05, 3.63) is 70.2 Å². The van der Waals surface area contributed by atoms with Crippen LogP contribution in [0.4, 0.5) is 0 Å². The molecule has 0 aromatic heterocycles. The second kappa shape index (κ2) is 4.58. The number of rotatable bonds is 1. The Balaban J connectivity index is 1.87. The molecule has 4 heteroatoms. The fourth-order valence-electron chi connectivity index (χ4n) is 3.27. The summed E-state index contributed by atoms with van der Waals surface area (Å²) in [6, 6.07) is 15.6. The second-order valence-electron chi connectivity index (χ2n) is 5.51. The van der Waals surface area contributed by atoms with E-state index in [-0.39, 0.29) is 0 Å². The quantitative estimate of drug-likeness (QED) is 0.879. The highest BCUT2D eigenvalue weighted by molar-refractivity contribution is 6.30. The molecule has 0 radical (unpaired) electrons. The van der Waals surface area contributed by atoms with E-state index in [1.165, 1.54) is 0 Å². The normalized spacial score (nSPS) is 23.5. The van der Waals surface area contributed by atoms with Crippen LogP contribution in [0.25, 0.3) is 0 Å². The van der Waals surface area contributed by atoms with Crippen LogP contribution in [-0.4, -0.2) is 28.9 Å². The standard InChI is InChI=1S/C17H15ClN2O/c18-14-7-5-13(6-8-14)17(21)11-12-3-1-2-4-15(12)16-19-9-10-20(16)17/h1-8,21H,9-11H2/t17-/m0/s1. The third kappa shape index (κ3) is 1.88. The first-order chi connectivity index (χ1) is 10.2. The summed E-state index contributed by atoms with van der Waals surface area (Å²) in [6.45, 7) is 1.46. The molecule has 0 amide bonds. The molecule has 0 saturated heterocycles. The fraction of sp³-hybridized carbons (Fsp3) is 0.235. The number of hydrogen-bond donors (Lipinski definition) is 1. The highest BCUT2D eigenvalue weighted by atomic mass is 35.5. The Hall–Kier alpha value is -1.84. The predicted molar refractivity (Wildman–Crippen MR) is 83.6 cm³/mol. The van der Waals surface area contributed by atoms with Crippen LogP contribution in [0.5, 0.6) is 0 Å². The van der Waals surface area contributed by atoms with Crippen LogP contribution in [0.3, 0.4) is 0 Å². The molecule has 3 nitrogen and oxygen atoms in total. The molecule has 106 valence electrons. The summed E-state index contributed by atoms with van der Waals surface area (Å²) in [4.78, 5) is 6.61. The number of nitrogens with zero attached hydrogens (tertiary/aromatic N) is 2. The molecule has 0 unspecified atom stereocenters. The van der Waals surface area contributed by atoms with Gasteiger partial charge in [0.2, 0.25) is 0 Å². The van der Waals surface area contributed by atoms with Gasteiger partial charge in [-0.05, 0) is 17.7 Å². The average Bonchev–Trinajstić information content (AvgIpc) is 2.99. The van der Waals surface area contributed by atoms with Gasteiger partial charge in [-0.2, -0.15) is 0 Å². The lowest BCUT2D eigenvalue weighted by molar-refractivity contribution is -0.0745. The van der Waals surface area contributed by atoms with E-state index in [2.05, 4.69) is 17.1 Å². The zero-order valence-electron chi connectivity index (χ0n) is 11.5. The summed E-state index contributed by atoms with van der Waals surface area (Å²) >= 11 is 5.97. The lowest BCUT2D eigenvalue weighted by atomic mass is 9.86. The Morgan fingerprint density at radius 3 is 2.67 bits per heavy atom. The van der Waals surface area contributed by atoms with E-state index in [4.69, 9.17) is 11.6 Å². The van der Waals surface area contributed by atoms with Gasteiger partial charge in [0.25, 0.3) is 0 Å². The SMILES string of the molecule is O[C@]1(c2ccc(Cl)cc2)Cc2ccccc2C2=NCCN21. The number of halogens is 1. The van der Waals surface area contributed by atoms with Crippen molar-refractivity contribution in [3.63, 3.8) is 0 Å². The first-order valence-corrected chi connectivity index (χ1v) is 7.45. The van der Waals surface area contributed by atoms with Gasteiger partial charge < -0.3 is 10.0 Å². The number of benzene rings is 2. The van der Waals surface area contributed by atoms with E-state index in [1.807, 2.05) is 41.3 Å². The van der Waals surface area contributed by atoms with Gasteiger partial charge in [0.1, 0.15) is 5.84 Å². The molecule has 1 N–H and O–H groups in total. The Bertz CT molecular complexity index is 726. The Morgan fingerprint density at radius 1 is 1.10 bits per heavy atom. The van der Waals surface area contributed by atoms with Crippen LogP contribution < -0.4 is 0 Å². The topological polar surface area (TPSA) is 35.8 Å². The first-order valence-electron chi connectivity index (χ1n) is 7.07. The smallest absolute Gasteiger partial charge is 0.169 e. The molecule has 0 aliphatic carbocycles. The van der Waals surface area contributed by atoms with Crippen molar-refractivity contribution in [2.75, 3.05) is 13.1 Å². The fourth-order valence-corrected chi connectivity index (χ4v) is 3.39. The zero-order valence-corrected chi connectivity index (χ0v) is 12.2. The molecule has 2 heterocycles. The van der Waals surface area contributed by atoms with Crippen molar-refractivity contribution in [1.29, 1.82) is 0 Å². The van der Waals surface area contributed by atoms with Crippen LogP contribution in [0.1, 0.15) is 16.7 Å². The minimum Gasteiger partial charge on any atom is -0.366 e. The van der Waals surface area contributed by atoms with E-state index in [0.29, 0.717) is 11.4 Å². The van der Waals surface area contributed by atoms with Crippen LogP contribution in [0.2, 0.25) is 5.02 Å². The Kier molecular flexibility index (Phi) is 2.81. The van der Waals surface area contributed by atoms with Gasteiger partial charge in [-0.1, -0.05) is 48.0 Å². The summed E-state index contributed by atoms with van der Waals surface area (Å²) in [7, 11) is 0. The average molecular weight is 299 g/mol. The van der Waals surface area contributed by atoms with Crippen LogP contribution >= 0.6 is 11.6 Å². The number of fused-ring (bicyclic) bond motifs is 3. The predicted octanol–water partition coefficient (Wildman–Crippen LogP) is 2.80. The maximum Gasteiger partial charge on any atom is 0.169 e. The van der Waals surface area contributed by atoms with E-state index in [0.717, 1.165) is 35.6 Å². The van der Waals surface area contributed by atoms with Crippen molar-refractivity contribution < 1.29 is 5.11 Å². The van der Waals surface area contributed by atoms with Crippen LogP contribution in [-0.2, 0) is 12.1 Å². The lowest BCUT2D eigenvalue weighted by Gasteiger charge is -2.43. The van der Waals surface area contributed by atoms with Crippen molar-refractivity contribution >= 4 is 17.4 Å². The number of aliphatic imine (C=N–C) groups is 1. The van der Waals surface area contributed by atoms with Crippen molar-refractivity contribution in [2.45, 2.75) is 12.1 Å². The summed E-state index contributed by atoms with van der Waals surface area (Å²) in [5, 5.41) is 12.0. The summed E-state index contributed by atoms with van der Waals surface area (Å²) in [6.07, 6.45) is 0.559. The van der Waals surface area contributed by atoms with Gasteiger partial charge in [-0.3, -0.25) is 4.99 Å². The van der Waals surface area contributed by atoms with E-state index >= 15 is 0 Å².